The Hall–Kier alpha value is -8.72. The van der Waals surface area contributed by atoms with Crippen molar-refractivity contribution in [3.05, 3.63) is 200 Å². The second-order valence-electron chi connectivity index (χ2n) is 25.4. The summed E-state index contributed by atoms with van der Waals surface area (Å²) in [6.45, 7) is 6.96. The van der Waals surface area contributed by atoms with Crippen LogP contribution in [0.2, 0.25) is 15.1 Å². The Morgan fingerprint density at radius 1 is 0.485 bits per heavy atom. The second-order valence-corrected chi connectivity index (χ2v) is 26.6. The standard InChI is InChI=1S/C24H24ClF2N3O.C24H22ClF2N3.C18H20FNO2.C6H6ClFN2.C2H4O2/c1-13(24(31)30-23-11-19(25)20(27)12-21(23)28)14-2-4-15(5-3-14)17-8-9-29-22-7-6-16(26)10-18(17)22;1-13(24-29-22-11-19(25)20(27)12-23(22)30-24)14-2-4-15(5-3-14)17-8-9-28-21-7-6-16(26)10-18(17)21;1-11(18(21)22)12-2-4-13(5-3-12)15-8-9-20-17-7-6-14(19)10-16(15)17;7-3-1-5(9)6(10)2-4(3)8;1-2(3)4/h6-15H,2-5,28H2,1H3,(H,30,31);6-15H,2-5H2,1H3,(H,29,30);6-13H,2-5H2,1H3,(H,21,22);1-2H,9-10H2;1H3,(H,3,4)/t2*13-,14?,15?;11-,12?,13?;;/m111../s1. The van der Waals surface area contributed by atoms with Gasteiger partial charge in [0.1, 0.15) is 40.7 Å². The van der Waals surface area contributed by atoms with Crippen molar-refractivity contribution in [1.29, 1.82) is 0 Å². The van der Waals surface area contributed by atoms with E-state index in [-0.39, 0.29) is 79.4 Å². The van der Waals surface area contributed by atoms with Gasteiger partial charge >= 0.3 is 5.97 Å². The Labute approximate surface area is 572 Å². The number of imidazole rings is 1. The SMILES string of the molecule is CC(=O)O.C[C@@H](C(=O)Nc1cc(Cl)c(F)cc1N)C1CCC(c2ccnc3ccc(F)cc23)CC1.C[C@@H](C(=O)O)C1CCC(c2ccnc3ccc(F)cc23)CC1.C[C@@H](c1nc2cc(Cl)c(F)cc2[nH]1)C1CCC(c2ccnc3ccc(F)cc23)CC1.Nc1cc(F)c(Cl)cc1N. The third kappa shape index (κ3) is 18.3. The number of aromatic amines is 1. The number of nitrogens with zero attached hydrogens (tertiary/aromatic N) is 4. The molecule has 0 unspecified atom stereocenters. The van der Waals surface area contributed by atoms with Gasteiger partial charge in [-0.3, -0.25) is 29.3 Å². The number of aromatic nitrogens is 5. The number of pyridine rings is 3. The lowest BCUT2D eigenvalue weighted by Crippen LogP contribution is -2.30. The zero-order chi connectivity index (χ0) is 69.9. The molecule has 0 bridgehead atoms. The normalized spacial score (nSPS) is 19.3. The molecule has 3 aliphatic rings. The van der Waals surface area contributed by atoms with Gasteiger partial charge in [0.15, 0.2) is 0 Å². The highest BCUT2D eigenvalue weighted by molar-refractivity contribution is 6.32. The number of hydrogen-bond acceptors (Lipinski definition) is 10. The minimum absolute atomic E-state index is 0.00769. The number of nitrogens with two attached hydrogens (primary N) is 3. The first-order chi connectivity index (χ1) is 46.2. The van der Waals surface area contributed by atoms with Crippen molar-refractivity contribution in [3.63, 3.8) is 0 Å². The molecule has 3 aliphatic carbocycles. The molecular formula is C74H76Cl3F6N9O5. The first kappa shape index (κ1) is 72.5. The molecule has 4 aromatic heterocycles. The molecule has 510 valence electrons. The van der Waals surface area contributed by atoms with Crippen molar-refractivity contribution in [2.75, 3.05) is 22.5 Å². The molecule has 3 fully saturated rings. The highest BCUT2D eigenvalue weighted by Gasteiger charge is 2.33. The van der Waals surface area contributed by atoms with Crippen molar-refractivity contribution in [2.45, 2.75) is 128 Å². The molecule has 10 aromatic rings. The highest BCUT2D eigenvalue weighted by Crippen LogP contribution is 2.45. The van der Waals surface area contributed by atoms with Gasteiger partial charge in [0, 0.05) is 71.7 Å². The van der Waals surface area contributed by atoms with Gasteiger partial charge in [0.05, 0.1) is 71.3 Å². The summed E-state index contributed by atoms with van der Waals surface area (Å²) in [6, 6.07) is 28.0. The predicted octanol–water partition coefficient (Wildman–Crippen LogP) is 19.5. The van der Waals surface area contributed by atoms with Gasteiger partial charge in [-0.25, -0.2) is 31.3 Å². The molecular weight excluding hydrogens is 1320 g/mol. The second kappa shape index (κ2) is 32.6. The minimum atomic E-state index is -0.833. The van der Waals surface area contributed by atoms with E-state index in [1.165, 1.54) is 42.0 Å². The first-order valence-corrected chi connectivity index (χ1v) is 33.3. The first-order valence-electron chi connectivity index (χ1n) is 32.2. The summed E-state index contributed by atoms with van der Waals surface area (Å²) in [5.41, 5.74) is 24.7. The molecule has 0 spiro atoms. The number of carbonyl (C=O) groups is 3. The number of nitrogens with one attached hydrogen (secondary N) is 2. The Balaban J connectivity index is 0.000000156. The molecule has 10 N–H and O–H groups in total. The van der Waals surface area contributed by atoms with Crippen LogP contribution in [0.4, 0.5) is 49.1 Å². The zero-order valence-corrected chi connectivity index (χ0v) is 56.1. The summed E-state index contributed by atoms with van der Waals surface area (Å²) in [6.07, 6.45) is 17.0. The number of aliphatic carboxylic acids is 2. The Morgan fingerprint density at radius 2 is 0.856 bits per heavy atom. The van der Waals surface area contributed by atoms with Crippen LogP contribution in [0.3, 0.4) is 0 Å². The summed E-state index contributed by atoms with van der Waals surface area (Å²) >= 11 is 17.1. The molecule has 14 nitrogen and oxygen atoms in total. The van der Waals surface area contributed by atoms with Crippen molar-refractivity contribution >= 4 is 119 Å². The molecule has 0 radical (unpaired) electrons. The molecule has 0 aliphatic heterocycles. The molecule has 1 amide bonds. The number of fused-ring (bicyclic) bond motifs is 4. The van der Waals surface area contributed by atoms with E-state index in [9.17, 15) is 35.9 Å². The van der Waals surface area contributed by atoms with E-state index < -0.39 is 29.4 Å². The van der Waals surface area contributed by atoms with Crippen LogP contribution in [-0.2, 0) is 14.4 Å². The number of anilines is 4. The molecule has 97 heavy (non-hydrogen) atoms. The van der Waals surface area contributed by atoms with Gasteiger partial charge in [-0.05, 0) is 220 Å². The van der Waals surface area contributed by atoms with E-state index in [1.54, 1.807) is 61.8 Å². The number of halogens is 9. The third-order valence-corrected chi connectivity index (χ3v) is 20.1. The fraction of sp³-hybridized carbons (Fsp3) is 0.338. The maximum absolute atomic E-state index is 13.8. The van der Waals surface area contributed by atoms with Gasteiger partial charge in [-0.2, -0.15) is 0 Å². The molecule has 3 atom stereocenters. The number of carboxylic acids is 2. The smallest absolute Gasteiger partial charge is 0.306 e. The van der Waals surface area contributed by atoms with Crippen LogP contribution in [0, 0.1) is 64.5 Å². The summed E-state index contributed by atoms with van der Waals surface area (Å²) in [7, 11) is 0. The molecule has 23 heteroatoms. The lowest BCUT2D eigenvalue weighted by molar-refractivity contribution is -0.143. The van der Waals surface area contributed by atoms with Gasteiger partial charge < -0.3 is 37.7 Å². The average molecular weight is 1390 g/mol. The van der Waals surface area contributed by atoms with E-state index >= 15 is 0 Å². The van der Waals surface area contributed by atoms with Crippen LogP contribution in [0.25, 0.3) is 43.7 Å². The van der Waals surface area contributed by atoms with E-state index in [0.29, 0.717) is 46.1 Å². The van der Waals surface area contributed by atoms with Gasteiger partial charge in [0.25, 0.3) is 5.97 Å². The van der Waals surface area contributed by atoms with E-state index in [0.717, 1.165) is 146 Å². The van der Waals surface area contributed by atoms with Crippen molar-refractivity contribution in [3.8, 4) is 0 Å². The molecule has 13 rings (SSSR count). The number of carboxylic acid groups (broad SMARTS) is 2. The number of carbonyl (C=O) groups excluding carboxylic acids is 1. The summed E-state index contributed by atoms with van der Waals surface area (Å²) < 4.78 is 80.9. The van der Waals surface area contributed by atoms with Crippen LogP contribution >= 0.6 is 34.8 Å². The third-order valence-electron chi connectivity index (χ3n) is 19.2. The lowest BCUT2D eigenvalue weighted by atomic mass is 9.73. The summed E-state index contributed by atoms with van der Waals surface area (Å²) in [5.74, 6) is -1.37. The average Bonchev–Trinajstić information content (AvgIpc) is 1.69. The number of rotatable bonds is 10. The van der Waals surface area contributed by atoms with Crippen LogP contribution in [-0.4, -0.2) is 53.0 Å². The maximum Gasteiger partial charge on any atom is 0.306 e. The van der Waals surface area contributed by atoms with E-state index in [2.05, 4.69) is 37.2 Å². The van der Waals surface area contributed by atoms with Crippen LogP contribution in [0.15, 0.2) is 128 Å². The quantitative estimate of drug-likeness (QED) is 0.0499. The number of benzene rings is 6. The van der Waals surface area contributed by atoms with Crippen LogP contribution < -0.4 is 22.5 Å². The van der Waals surface area contributed by atoms with Gasteiger partial charge in [-0.1, -0.05) is 55.6 Å². The number of nitrogen functional groups attached to an aromatic ring is 3. The lowest BCUT2D eigenvalue weighted by Gasteiger charge is -2.32. The van der Waals surface area contributed by atoms with Gasteiger partial charge in [-0.15, -0.1) is 0 Å². The molecule has 4 heterocycles. The monoisotopic (exact) mass is 1390 g/mol. The van der Waals surface area contributed by atoms with E-state index in [4.69, 9.17) is 67.0 Å². The fourth-order valence-electron chi connectivity index (χ4n) is 13.7. The van der Waals surface area contributed by atoms with Crippen LogP contribution in [0.1, 0.15) is 151 Å². The molecule has 3 saturated carbocycles. The minimum Gasteiger partial charge on any atom is -0.481 e. The Bertz CT molecular complexity index is 4370. The topological polar surface area (TPSA) is 249 Å². The van der Waals surface area contributed by atoms with Gasteiger partial charge in [0.2, 0.25) is 5.91 Å². The van der Waals surface area contributed by atoms with Crippen molar-refractivity contribution in [2.24, 2.45) is 29.6 Å². The van der Waals surface area contributed by atoms with Crippen molar-refractivity contribution < 1.29 is 50.9 Å². The van der Waals surface area contributed by atoms with Crippen molar-refractivity contribution in [1.82, 2.24) is 24.9 Å². The largest absolute Gasteiger partial charge is 0.481 e. The number of H-pyrrole nitrogens is 1. The highest BCUT2D eigenvalue weighted by atomic mass is 35.5. The Kier molecular flexibility index (Phi) is 24.3. The number of hydrogen-bond donors (Lipinski definition) is 7. The predicted molar refractivity (Wildman–Crippen MR) is 373 cm³/mol. The number of amides is 1. The fourth-order valence-corrected chi connectivity index (χ4v) is 14.1. The maximum atomic E-state index is 13.8. The molecule has 0 saturated heterocycles. The zero-order valence-electron chi connectivity index (χ0n) is 53.8. The van der Waals surface area contributed by atoms with Crippen LogP contribution in [0.5, 0.6) is 0 Å². The molecule has 6 aromatic carbocycles. The Morgan fingerprint density at radius 3 is 1.28 bits per heavy atom. The summed E-state index contributed by atoms with van der Waals surface area (Å²) in [5, 5.41) is 22.0. The van der Waals surface area contributed by atoms with E-state index in [1.807, 2.05) is 31.3 Å². The summed E-state index contributed by atoms with van der Waals surface area (Å²) in [4.78, 5) is 53.8.